The van der Waals surface area contributed by atoms with Crippen LogP contribution in [0.25, 0.3) is 10.8 Å². The quantitative estimate of drug-likeness (QED) is 0.530. The Morgan fingerprint density at radius 1 is 1.44 bits per heavy atom. The number of carbonyl (C=O) groups excluding carboxylic acids is 1. The number of thiazole rings is 1. The number of rotatable bonds is 5. The summed E-state index contributed by atoms with van der Waals surface area (Å²) in [4.78, 5) is 27.7. The summed E-state index contributed by atoms with van der Waals surface area (Å²) in [5.74, 6) is 0.260. The third-order valence-corrected chi connectivity index (χ3v) is 4.93. The first-order chi connectivity index (χ1) is 12.0. The Morgan fingerprint density at radius 2 is 2.24 bits per heavy atom. The van der Waals surface area contributed by atoms with Gasteiger partial charge in [0.25, 0.3) is 11.6 Å². The Morgan fingerprint density at radius 3 is 2.88 bits per heavy atom. The lowest BCUT2D eigenvalue weighted by Crippen LogP contribution is -2.23. The van der Waals surface area contributed by atoms with Crippen molar-refractivity contribution in [2.45, 2.75) is 13.5 Å². The van der Waals surface area contributed by atoms with Crippen LogP contribution in [0.2, 0.25) is 5.02 Å². The summed E-state index contributed by atoms with van der Waals surface area (Å²) in [6.07, 6.45) is 1.57. The van der Waals surface area contributed by atoms with Crippen LogP contribution in [-0.2, 0) is 6.54 Å². The van der Waals surface area contributed by atoms with Crippen LogP contribution in [0.1, 0.15) is 20.9 Å². The molecular formula is C16H12ClN3O4S. The highest BCUT2D eigenvalue weighted by atomic mass is 35.5. The lowest BCUT2D eigenvalue weighted by atomic mass is 10.2. The molecule has 0 spiro atoms. The smallest absolute Gasteiger partial charge is 0.270 e. The third-order valence-electron chi connectivity index (χ3n) is 3.44. The predicted molar refractivity (Wildman–Crippen MR) is 93.8 cm³/mol. The fraction of sp³-hybridized carbons (Fsp3) is 0.125. The summed E-state index contributed by atoms with van der Waals surface area (Å²) in [6, 6.07) is 7.34. The summed E-state index contributed by atoms with van der Waals surface area (Å²) in [5, 5.41) is 14.2. The number of nitro benzene ring substituents is 1. The lowest BCUT2D eigenvalue weighted by Gasteiger charge is -2.06. The highest BCUT2D eigenvalue weighted by molar-refractivity contribution is 7.15. The maximum Gasteiger partial charge on any atom is 0.270 e. The Bertz CT molecular complexity index is 937. The first kappa shape index (κ1) is 17.1. The van der Waals surface area contributed by atoms with Crippen molar-refractivity contribution < 1.29 is 14.1 Å². The molecule has 0 saturated heterocycles. The van der Waals surface area contributed by atoms with E-state index in [1.165, 1.54) is 23.5 Å². The van der Waals surface area contributed by atoms with Gasteiger partial charge in [-0.15, -0.1) is 11.3 Å². The van der Waals surface area contributed by atoms with Crippen LogP contribution in [0.3, 0.4) is 0 Å². The molecule has 25 heavy (non-hydrogen) atoms. The number of nitro groups is 1. The highest BCUT2D eigenvalue weighted by Crippen LogP contribution is 2.28. The molecule has 7 nitrogen and oxygen atoms in total. The van der Waals surface area contributed by atoms with Gasteiger partial charge in [0, 0.05) is 17.0 Å². The molecule has 2 heterocycles. The van der Waals surface area contributed by atoms with Gasteiger partial charge < -0.3 is 9.73 Å². The van der Waals surface area contributed by atoms with Gasteiger partial charge in [0.2, 0.25) is 0 Å². The number of amides is 1. The number of aromatic nitrogens is 1. The number of nitrogens with zero attached hydrogens (tertiary/aromatic N) is 2. The molecule has 0 aliphatic carbocycles. The number of halogens is 1. The molecule has 0 aliphatic rings. The second-order valence-electron chi connectivity index (χ2n) is 5.11. The Labute approximate surface area is 151 Å². The van der Waals surface area contributed by atoms with Crippen LogP contribution in [-0.4, -0.2) is 15.8 Å². The second kappa shape index (κ2) is 7.04. The molecule has 0 radical (unpaired) electrons. The van der Waals surface area contributed by atoms with Gasteiger partial charge in [-0.3, -0.25) is 14.9 Å². The molecule has 0 fully saturated rings. The van der Waals surface area contributed by atoms with Crippen LogP contribution in [0, 0.1) is 17.0 Å². The molecule has 3 rings (SSSR count). The van der Waals surface area contributed by atoms with E-state index in [1.807, 2.05) is 13.0 Å². The minimum atomic E-state index is -0.565. The average molecular weight is 378 g/mol. The van der Waals surface area contributed by atoms with E-state index in [4.69, 9.17) is 16.0 Å². The molecule has 3 aromatic rings. The van der Waals surface area contributed by atoms with Crippen LogP contribution < -0.4 is 5.32 Å². The number of furan rings is 1. The maximum atomic E-state index is 12.3. The van der Waals surface area contributed by atoms with Gasteiger partial charge in [-0.1, -0.05) is 11.6 Å². The van der Waals surface area contributed by atoms with Crippen molar-refractivity contribution in [3.05, 3.63) is 67.9 Å². The Balaban J connectivity index is 1.72. The molecular weight excluding hydrogens is 366 g/mol. The molecule has 9 heteroatoms. The van der Waals surface area contributed by atoms with Crippen LogP contribution in [0.15, 0.2) is 41.0 Å². The topological polar surface area (TPSA) is 98.3 Å². The molecule has 1 N–H and O–H groups in total. The number of non-ortho nitro benzene ring substituents is 1. The monoisotopic (exact) mass is 377 g/mol. The minimum absolute atomic E-state index is 0.0315. The standard InChI is InChI=1S/C16H12ClN3O4S/c1-9-14(25-16(19-9)13-3-2-6-24-13)8-18-15(21)11-5-4-10(20(22)23)7-12(11)17/h2-7H,8H2,1H3,(H,18,21). The van der Waals surface area contributed by atoms with E-state index in [2.05, 4.69) is 10.3 Å². The lowest BCUT2D eigenvalue weighted by molar-refractivity contribution is -0.384. The molecule has 128 valence electrons. The molecule has 1 amide bonds. The van der Waals surface area contributed by atoms with Gasteiger partial charge in [0.05, 0.1) is 34.0 Å². The van der Waals surface area contributed by atoms with E-state index < -0.39 is 10.8 Å². The third kappa shape index (κ3) is 3.70. The first-order valence-electron chi connectivity index (χ1n) is 7.18. The molecule has 0 unspecified atom stereocenters. The van der Waals surface area contributed by atoms with Crippen LogP contribution in [0.5, 0.6) is 0 Å². The summed E-state index contributed by atoms with van der Waals surface area (Å²) >= 11 is 7.39. The minimum Gasteiger partial charge on any atom is -0.462 e. The highest BCUT2D eigenvalue weighted by Gasteiger charge is 2.16. The second-order valence-corrected chi connectivity index (χ2v) is 6.60. The van der Waals surface area contributed by atoms with E-state index in [9.17, 15) is 14.9 Å². The van der Waals surface area contributed by atoms with Crippen molar-refractivity contribution in [3.63, 3.8) is 0 Å². The normalized spacial score (nSPS) is 10.6. The van der Waals surface area contributed by atoms with Gasteiger partial charge >= 0.3 is 0 Å². The van der Waals surface area contributed by atoms with Gasteiger partial charge in [-0.05, 0) is 25.1 Å². The zero-order chi connectivity index (χ0) is 18.0. The molecule has 0 bridgehead atoms. The summed E-state index contributed by atoms with van der Waals surface area (Å²) in [7, 11) is 0. The van der Waals surface area contributed by atoms with E-state index in [-0.39, 0.29) is 22.8 Å². The van der Waals surface area contributed by atoms with Gasteiger partial charge in [0.1, 0.15) is 0 Å². The molecule has 0 saturated carbocycles. The van der Waals surface area contributed by atoms with E-state index in [0.29, 0.717) is 5.76 Å². The summed E-state index contributed by atoms with van der Waals surface area (Å²) in [6.45, 7) is 2.12. The Hall–Kier alpha value is -2.71. The van der Waals surface area contributed by atoms with Crippen molar-refractivity contribution in [1.29, 1.82) is 0 Å². The summed E-state index contributed by atoms with van der Waals surface area (Å²) < 4.78 is 5.32. The SMILES string of the molecule is Cc1nc(-c2ccco2)sc1CNC(=O)c1ccc([N+](=O)[O-])cc1Cl. The molecule has 2 aromatic heterocycles. The number of aryl methyl sites for hydroxylation is 1. The fourth-order valence-corrected chi connectivity index (χ4v) is 3.39. The van der Waals surface area contributed by atoms with E-state index >= 15 is 0 Å². The fourth-order valence-electron chi connectivity index (χ4n) is 2.16. The number of nitrogens with one attached hydrogen (secondary N) is 1. The first-order valence-corrected chi connectivity index (χ1v) is 8.37. The molecule has 1 aromatic carbocycles. The number of carbonyl (C=O) groups is 1. The van der Waals surface area contributed by atoms with E-state index in [0.717, 1.165) is 21.6 Å². The number of hydrogen-bond donors (Lipinski definition) is 1. The average Bonchev–Trinajstić information content (AvgIpc) is 3.22. The summed E-state index contributed by atoms with van der Waals surface area (Å²) in [5.41, 5.74) is 0.815. The van der Waals surface area contributed by atoms with Crippen molar-refractivity contribution in [1.82, 2.24) is 10.3 Å². The maximum absolute atomic E-state index is 12.3. The largest absolute Gasteiger partial charge is 0.462 e. The predicted octanol–water partition coefficient (Wildman–Crippen LogP) is 4.20. The van der Waals surface area contributed by atoms with E-state index in [1.54, 1.807) is 12.3 Å². The molecule has 0 atom stereocenters. The number of benzene rings is 1. The Kier molecular flexibility index (Phi) is 4.82. The van der Waals surface area contributed by atoms with Crippen molar-refractivity contribution in [2.75, 3.05) is 0 Å². The van der Waals surface area contributed by atoms with Crippen molar-refractivity contribution >= 4 is 34.5 Å². The molecule has 0 aliphatic heterocycles. The zero-order valence-electron chi connectivity index (χ0n) is 13.0. The van der Waals surface area contributed by atoms with Crippen LogP contribution >= 0.6 is 22.9 Å². The van der Waals surface area contributed by atoms with Crippen LogP contribution in [0.4, 0.5) is 5.69 Å². The van der Waals surface area contributed by atoms with Crippen molar-refractivity contribution in [2.24, 2.45) is 0 Å². The van der Waals surface area contributed by atoms with Gasteiger partial charge in [-0.25, -0.2) is 4.98 Å². The van der Waals surface area contributed by atoms with Crippen molar-refractivity contribution in [3.8, 4) is 10.8 Å². The number of hydrogen-bond acceptors (Lipinski definition) is 6. The van der Waals surface area contributed by atoms with Gasteiger partial charge in [-0.2, -0.15) is 0 Å². The zero-order valence-corrected chi connectivity index (χ0v) is 14.6. The van der Waals surface area contributed by atoms with Gasteiger partial charge in [0.15, 0.2) is 10.8 Å².